The van der Waals surface area contributed by atoms with Crippen molar-refractivity contribution < 1.29 is 4.79 Å². The molecule has 3 nitrogen and oxygen atoms in total. The van der Waals surface area contributed by atoms with E-state index in [1.54, 1.807) is 23.6 Å². The Hall–Kier alpha value is -2.63. The summed E-state index contributed by atoms with van der Waals surface area (Å²) in [7, 11) is 0. The number of hydrogen-bond acceptors (Lipinski definition) is 4. The molecule has 0 spiro atoms. The molecule has 1 amide bonds. The number of thioether (sulfide) groups is 1. The summed E-state index contributed by atoms with van der Waals surface area (Å²) < 4.78 is 0. The van der Waals surface area contributed by atoms with Crippen molar-refractivity contribution in [3.63, 3.8) is 0 Å². The summed E-state index contributed by atoms with van der Waals surface area (Å²) in [6.07, 6.45) is 0. The first-order valence-electron chi connectivity index (χ1n) is 9.03. The number of carbonyl (C=O) groups is 1. The van der Waals surface area contributed by atoms with Gasteiger partial charge in [-0.05, 0) is 47.5 Å². The average Bonchev–Trinajstić information content (AvgIpc) is 3.14. The topological polar surface area (TPSA) is 33.2 Å². The van der Waals surface area contributed by atoms with Crippen LogP contribution >= 0.6 is 23.1 Å². The molecule has 0 radical (unpaired) electrons. The van der Waals surface area contributed by atoms with Crippen molar-refractivity contribution in [2.45, 2.75) is 24.5 Å². The SMILES string of the molecule is CC(=O)N(c1cccc(C)c1)c1nc(CSc2ccc3ccccc3c2)cs1. The Bertz CT molecular complexity index is 1140. The fraction of sp³-hybridized carbons (Fsp3) is 0.130. The van der Waals surface area contributed by atoms with Crippen molar-refractivity contribution in [3.8, 4) is 0 Å². The monoisotopic (exact) mass is 404 g/mol. The highest BCUT2D eigenvalue weighted by atomic mass is 32.2. The molecule has 0 atom stereocenters. The van der Waals surface area contributed by atoms with Crippen LogP contribution in [0.15, 0.2) is 77.0 Å². The fourth-order valence-electron chi connectivity index (χ4n) is 3.07. The van der Waals surface area contributed by atoms with Crippen LogP contribution < -0.4 is 4.90 Å². The van der Waals surface area contributed by atoms with E-state index in [0.717, 1.165) is 22.7 Å². The molecule has 0 bridgehead atoms. The lowest BCUT2D eigenvalue weighted by molar-refractivity contribution is -0.115. The van der Waals surface area contributed by atoms with E-state index in [1.165, 1.54) is 27.0 Å². The van der Waals surface area contributed by atoms with Crippen molar-refractivity contribution in [2.75, 3.05) is 4.90 Å². The molecule has 0 aliphatic carbocycles. The molecule has 0 saturated carbocycles. The summed E-state index contributed by atoms with van der Waals surface area (Å²) in [6.45, 7) is 3.60. The van der Waals surface area contributed by atoms with Crippen LogP contribution in [0.1, 0.15) is 18.2 Å². The molecule has 0 aliphatic rings. The third-order valence-electron chi connectivity index (χ3n) is 4.41. The zero-order valence-electron chi connectivity index (χ0n) is 15.8. The van der Waals surface area contributed by atoms with Crippen LogP contribution in [0, 0.1) is 6.92 Å². The predicted molar refractivity (Wildman–Crippen MR) is 120 cm³/mol. The number of carbonyl (C=O) groups excluding carboxylic acids is 1. The normalized spacial score (nSPS) is 10.9. The minimum absolute atomic E-state index is 0.0336. The molecule has 28 heavy (non-hydrogen) atoms. The lowest BCUT2D eigenvalue weighted by atomic mass is 10.1. The molecule has 3 aromatic carbocycles. The van der Waals surface area contributed by atoms with E-state index in [2.05, 4.69) is 42.5 Å². The van der Waals surface area contributed by atoms with E-state index < -0.39 is 0 Å². The third kappa shape index (κ3) is 4.11. The second-order valence-electron chi connectivity index (χ2n) is 6.61. The second-order valence-corrected chi connectivity index (χ2v) is 8.50. The summed E-state index contributed by atoms with van der Waals surface area (Å²) >= 11 is 3.27. The van der Waals surface area contributed by atoms with Crippen LogP contribution in [0.4, 0.5) is 10.8 Å². The first kappa shape index (κ1) is 18.7. The maximum Gasteiger partial charge on any atom is 0.230 e. The molecular formula is C23H20N2OS2. The smallest absolute Gasteiger partial charge is 0.230 e. The first-order valence-corrected chi connectivity index (χ1v) is 10.9. The van der Waals surface area contributed by atoms with E-state index in [-0.39, 0.29) is 5.91 Å². The van der Waals surface area contributed by atoms with E-state index in [0.29, 0.717) is 5.13 Å². The average molecular weight is 405 g/mol. The zero-order chi connectivity index (χ0) is 19.5. The molecular weight excluding hydrogens is 384 g/mol. The zero-order valence-corrected chi connectivity index (χ0v) is 17.4. The second kappa shape index (κ2) is 8.17. The van der Waals surface area contributed by atoms with Gasteiger partial charge in [0.05, 0.1) is 11.4 Å². The maximum absolute atomic E-state index is 12.3. The van der Waals surface area contributed by atoms with Crippen molar-refractivity contribution in [1.82, 2.24) is 4.98 Å². The van der Waals surface area contributed by atoms with Gasteiger partial charge in [-0.15, -0.1) is 23.1 Å². The minimum atomic E-state index is -0.0336. The van der Waals surface area contributed by atoms with Crippen LogP contribution in [-0.2, 0) is 10.5 Å². The van der Waals surface area contributed by atoms with Gasteiger partial charge in [0.1, 0.15) is 0 Å². The van der Waals surface area contributed by atoms with Crippen LogP contribution in [0.2, 0.25) is 0 Å². The Kier molecular flexibility index (Phi) is 5.46. The van der Waals surface area contributed by atoms with Crippen molar-refractivity contribution in [1.29, 1.82) is 0 Å². The first-order chi connectivity index (χ1) is 13.6. The van der Waals surface area contributed by atoms with Crippen LogP contribution in [0.3, 0.4) is 0 Å². The molecule has 0 unspecified atom stereocenters. The van der Waals surface area contributed by atoms with E-state index in [4.69, 9.17) is 4.98 Å². The fourth-order valence-corrected chi connectivity index (χ4v) is 4.90. The van der Waals surface area contributed by atoms with E-state index in [1.807, 2.05) is 36.6 Å². The standard InChI is InChI=1S/C23H20N2OS2/c1-16-6-5-9-21(12-16)25(17(2)26)23-24-20(15-28-23)14-27-22-11-10-18-7-3-4-8-19(18)13-22/h3-13,15H,14H2,1-2H3. The van der Waals surface area contributed by atoms with Gasteiger partial charge >= 0.3 is 0 Å². The predicted octanol–water partition coefficient (Wildman–Crippen LogP) is 6.58. The van der Waals surface area contributed by atoms with Gasteiger partial charge in [0, 0.05) is 23.0 Å². The Morgan fingerprint density at radius 2 is 1.86 bits per heavy atom. The molecule has 1 aromatic heterocycles. The van der Waals surface area contributed by atoms with Gasteiger partial charge in [-0.2, -0.15) is 0 Å². The molecule has 5 heteroatoms. The number of thiazole rings is 1. The maximum atomic E-state index is 12.3. The Balaban J connectivity index is 1.52. The highest BCUT2D eigenvalue weighted by Crippen LogP contribution is 2.32. The van der Waals surface area contributed by atoms with Crippen molar-refractivity contribution in [3.05, 3.63) is 83.4 Å². The molecule has 140 valence electrons. The van der Waals surface area contributed by atoms with Gasteiger partial charge in [-0.25, -0.2) is 4.98 Å². The quantitative estimate of drug-likeness (QED) is 0.352. The number of aromatic nitrogens is 1. The molecule has 0 aliphatic heterocycles. The van der Waals surface area contributed by atoms with Gasteiger partial charge in [0.25, 0.3) is 0 Å². The van der Waals surface area contributed by atoms with Gasteiger partial charge in [-0.1, -0.05) is 42.5 Å². The highest BCUT2D eigenvalue weighted by molar-refractivity contribution is 7.98. The minimum Gasteiger partial charge on any atom is -0.274 e. The summed E-state index contributed by atoms with van der Waals surface area (Å²) in [5.74, 6) is 0.739. The van der Waals surface area contributed by atoms with Gasteiger partial charge in [0.15, 0.2) is 5.13 Å². The molecule has 0 N–H and O–H groups in total. The van der Waals surface area contributed by atoms with Gasteiger partial charge in [0.2, 0.25) is 5.91 Å². The summed E-state index contributed by atoms with van der Waals surface area (Å²) in [4.78, 5) is 19.9. The molecule has 1 heterocycles. The Morgan fingerprint density at radius 3 is 2.64 bits per heavy atom. The number of amides is 1. The Morgan fingerprint density at radius 1 is 1.04 bits per heavy atom. The van der Waals surface area contributed by atoms with Crippen molar-refractivity contribution in [2.24, 2.45) is 0 Å². The number of anilines is 2. The number of aryl methyl sites for hydroxylation is 1. The molecule has 4 rings (SSSR count). The lowest BCUT2D eigenvalue weighted by Gasteiger charge is -2.18. The summed E-state index contributed by atoms with van der Waals surface area (Å²) in [5, 5.41) is 5.24. The summed E-state index contributed by atoms with van der Waals surface area (Å²) in [5.41, 5.74) is 2.96. The third-order valence-corrected chi connectivity index (χ3v) is 6.32. The van der Waals surface area contributed by atoms with E-state index in [9.17, 15) is 4.79 Å². The number of nitrogens with zero attached hydrogens (tertiary/aromatic N) is 2. The molecule has 4 aromatic rings. The van der Waals surface area contributed by atoms with Crippen LogP contribution in [0.5, 0.6) is 0 Å². The number of rotatable bonds is 5. The number of benzene rings is 3. The largest absolute Gasteiger partial charge is 0.274 e. The lowest BCUT2D eigenvalue weighted by Crippen LogP contribution is -2.22. The van der Waals surface area contributed by atoms with Gasteiger partial charge in [-0.3, -0.25) is 9.69 Å². The number of fused-ring (bicyclic) bond motifs is 1. The number of hydrogen-bond donors (Lipinski definition) is 0. The van der Waals surface area contributed by atoms with Gasteiger partial charge < -0.3 is 0 Å². The molecule has 0 fully saturated rings. The van der Waals surface area contributed by atoms with Crippen LogP contribution in [-0.4, -0.2) is 10.9 Å². The highest BCUT2D eigenvalue weighted by Gasteiger charge is 2.18. The molecule has 0 saturated heterocycles. The van der Waals surface area contributed by atoms with Crippen LogP contribution in [0.25, 0.3) is 10.8 Å². The summed E-state index contributed by atoms with van der Waals surface area (Å²) in [6, 6.07) is 22.8. The van der Waals surface area contributed by atoms with Crippen molar-refractivity contribution >= 4 is 50.6 Å². The Labute approximate surface area is 173 Å². The van der Waals surface area contributed by atoms with E-state index >= 15 is 0 Å².